The van der Waals surface area contributed by atoms with Crippen molar-refractivity contribution in [2.24, 2.45) is 11.3 Å². The Morgan fingerprint density at radius 2 is 2.26 bits per heavy atom. The van der Waals surface area contributed by atoms with Gasteiger partial charge in [-0.15, -0.1) is 11.3 Å². The average Bonchev–Trinajstić information content (AvgIpc) is 2.85. The van der Waals surface area contributed by atoms with Crippen molar-refractivity contribution >= 4 is 21.4 Å². The van der Waals surface area contributed by atoms with Crippen LogP contribution in [0.1, 0.15) is 49.5 Å². The number of hydrogen-bond acceptors (Lipinski definition) is 3. The summed E-state index contributed by atoms with van der Waals surface area (Å²) >= 11 is 2.00. The predicted molar refractivity (Wildman–Crippen MR) is 96.4 cm³/mol. The van der Waals surface area contributed by atoms with E-state index in [1.807, 2.05) is 23.5 Å². The maximum Gasteiger partial charge on any atom is 0.116 e. The molecule has 122 valence electrons. The Hall–Kier alpha value is -1.06. The van der Waals surface area contributed by atoms with E-state index < -0.39 is 0 Å². The van der Waals surface area contributed by atoms with Gasteiger partial charge in [0, 0.05) is 34.6 Å². The molecular weight excluding hydrogens is 302 g/mol. The van der Waals surface area contributed by atoms with Gasteiger partial charge in [-0.05, 0) is 66.2 Å². The lowest BCUT2D eigenvalue weighted by molar-refractivity contribution is -0.0666. The van der Waals surface area contributed by atoms with Crippen LogP contribution in [-0.2, 0) is 6.42 Å². The molecule has 0 radical (unpaired) electrons. The topological polar surface area (TPSA) is 23.5 Å². The van der Waals surface area contributed by atoms with Gasteiger partial charge in [-0.1, -0.05) is 13.8 Å². The molecule has 5 unspecified atom stereocenters. The maximum atomic E-state index is 9.93. The van der Waals surface area contributed by atoms with Crippen LogP contribution in [0.3, 0.4) is 0 Å². The van der Waals surface area contributed by atoms with Crippen LogP contribution >= 0.6 is 11.3 Å². The second-order valence-corrected chi connectivity index (χ2v) is 9.32. The summed E-state index contributed by atoms with van der Waals surface area (Å²) in [5, 5.41) is 11.2. The van der Waals surface area contributed by atoms with Crippen molar-refractivity contribution in [3.8, 4) is 5.75 Å². The summed E-state index contributed by atoms with van der Waals surface area (Å²) < 4.78 is 1.36. The molecule has 1 aliphatic carbocycles. The Labute approximate surface area is 142 Å². The minimum absolute atomic E-state index is 0.408. The molecule has 3 fully saturated rings. The smallest absolute Gasteiger partial charge is 0.116 e. The number of aromatic hydroxyl groups is 1. The molecule has 1 saturated carbocycles. The number of hydrogen-bond donors (Lipinski definition) is 1. The van der Waals surface area contributed by atoms with E-state index in [1.54, 1.807) is 10.4 Å². The van der Waals surface area contributed by atoms with Crippen molar-refractivity contribution < 1.29 is 5.11 Å². The highest BCUT2D eigenvalue weighted by Gasteiger charge is 2.54. The number of phenolic OH excluding ortho intramolecular Hbond substituents is 1. The zero-order valence-electron chi connectivity index (χ0n) is 14.0. The molecule has 0 spiro atoms. The molecule has 6 rings (SSSR count). The molecule has 2 saturated heterocycles. The van der Waals surface area contributed by atoms with Gasteiger partial charge in [-0.25, -0.2) is 0 Å². The van der Waals surface area contributed by atoms with Gasteiger partial charge in [0.2, 0.25) is 0 Å². The minimum Gasteiger partial charge on any atom is -0.508 e. The second-order valence-electron chi connectivity index (χ2n) is 8.24. The van der Waals surface area contributed by atoms with Gasteiger partial charge in [0.1, 0.15) is 5.75 Å². The lowest BCUT2D eigenvalue weighted by Gasteiger charge is -2.58. The van der Waals surface area contributed by atoms with Crippen LogP contribution in [0.4, 0.5) is 0 Å². The highest BCUT2D eigenvalue weighted by Crippen LogP contribution is 2.58. The van der Waals surface area contributed by atoms with Gasteiger partial charge in [0.05, 0.1) is 0 Å². The fraction of sp³-hybridized carbons (Fsp3) is 0.600. The Kier molecular flexibility index (Phi) is 2.94. The molecule has 1 aromatic heterocycles. The largest absolute Gasteiger partial charge is 0.508 e. The Morgan fingerprint density at radius 1 is 1.39 bits per heavy atom. The Morgan fingerprint density at radius 3 is 3.09 bits per heavy atom. The van der Waals surface area contributed by atoms with Crippen molar-refractivity contribution in [2.45, 2.75) is 51.5 Å². The van der Waals surface area contributed by atoms with Crippen LogP contribution in [0.15, 0.2) is 18.2 Å². The number of benzene rings is 1. The van der Waals surface area contributed by atoms with Crippen LogP contribution < -0.4 is 0 Å². The summed E-state index contributed by atoms with van der Waals surface area (Å²) in [6.07, 6.45) is 5.24. The van der Waals surface area contributed by atoms with E-state index in [0.717, 1.165) is 18.4 Å². The zero-order valence-corrected chi connectivity index (χ0v) is 14.8. The van der Waals surface area contributed by atoms with E-state index in [2.05, 4.69) is 24.8 Å². The Bertz CT molecular complexity index is 781. The van der Waals surface area contributed by atoms with Crippen LogP contribution in [-0.4, -0.2) is 29.1 Å². The molecular formula is C20H25NOS. The molecule has 4 heterocycles. The first-order valence-corrected chi connectivity index (χ1v) is 9.89. The number of piperidine rings is 2. The third kappa shape index (κ3) is 1.90. The number of nitrogens with zero attached hydrogens (tertiary/aromatic N) is 1. The number of rotatable bonds is 1. The summed E-state index contributed by atoms with van der Waals surface area (Å²) in [7, 11) is 0. The lowest BCUT2D eigenvalue weighted by Crippen LogP contribution is -2.60. The molecule has 1 N–H and O–H groups in total. The lowest BCUT2D eigenvalue weighted by atomic mass is 9.58. The molecule has 4 bridgehead atoms. The summed E-state index contributed by atoms with van der Waals surface area (Å²) in [5.41, 5.74) is 2.02. The van der Waals surface area contributed by atoms with Crippen LogP contribution in [0.25, 0.3) is 10.1 Å². The first-order chi connectivity index (χ1) is 11.1. The number of fused-ring (bicyclic) bond motifs is 4. The third-order valence-corrected chi connectivity index (χ3v) is 8.27. The highest BCUT2D eigenvalue weighted by molar-refractivity contribution is 7.19. The van der Waals surface area contributed by atoms with E-state index in [1.165, 1.54) is 42.4 Å². The molecule has 2 aromatic rings. The molecule has 0 amide bonds. The van der Waals surface area contributed by atoms with Crippen molar-refractivity contribution in [1.29, 1.82) is 0 Å². The first-order valence-electron chi connectivity index (χ1n) is 9.07. The van der Waals surface area contributed by atoms with Crippen LogP contribution in [0.2, 0.25) is 0 Å². The molecule has 5 atom stereocenters. The number of phenols is 1. The zero-order chi connectivity index (χ0) is 15.8. The molecule has 1 aromatic carbocycles. The predicted octanol–water partition coefficient (Wildman–Crippen LogP) is 4.76. The van der Waals surface area contributed by atoms with Crippen molar-refractivity contribution in [1.82, 2.24) is 4.90 Å². The summed E-state index contributed by atoms with van der Waals surface area (Å²) in [5.74, 6) is 1.99. The van der Waals surface area contributed by atoms with Gasteiger partial charge in [0.25, 0.3) is 0 Å². The van der Waals surface area contributed by atoms with Gasteiger partial charge < -0.3 is 5.11 Å². The Balaban J connectivity index is 1.70. The van der Waals surface area contributed by atoms with Crippen LogP contribution in [0.5, 0.6) is 5.75 Å². The summed E-state index contributed by atoms with van der Waals surface area (Å²) in [4.78, 5) is 4.45. The minimum atomic E-state index is 0.408. The van der Waals surface area contributed by atoms with E-state index in [0.29, 0.717) is 17.1 Å². The SMILES string of the molecule is CCC1(C)CC2CC3c4sc5ccc(O)cc5c4CCN(C2)C31. The monoisotopic (exact) mass is 327 g/mol. The van der Waals surface area contributed by atoms with Crippen molar-refractivity contribution in [2.75, 3.05) is 13.1 Å². The molecule has 3 aliphatic heterocycles. The second kappa shape index (κ2) is 4.73. The third-order valence-electron chi connectivity index (χ3n) is 6.92. The van der Waals surface area contributed by atoms with Crippen molar-refractivity contribution in [3.05, 3.63) is 28.6 Å². The molecule has 3 heteroatoms. The normalized spacial score (nSPS) is 38.5. The fourth-order valence-corrected chi connectivity index (χ4v) is 7.30. The highest BCUT2D eigenvalue weighted by atomic mass is 32.1. The average molecular weight is 327 g/mol. The van der Waals surface area contributed by atoms with Gasteiger partial charge in [-0.2, -0.15) is 0 Å². The summed E-state index contributed by atoms with van der Waals surface area (Å²) in [6, 6.07) is 6.67. The maximum absolute atomic E-state index is 9.93. The standard InChI is InChI=1S/C20H25NOS/c1-3-20(2)10-12-8-16-18-14(6-7-21(11-12)19(16)20)15-9-13(22)4-5-17(15)23-18/h4-5,9,12,16,19,22H,3,6-8,10-11H2,1-2H3. The summed E-state index contributed by atoms with van der Waals surface area (Å²) in [6.45, 7) is 7.43. The first kappa shape index (κ1) is 14.3. The fourth-order valence-electron chi connectivity index (χ4n) is 5.92. The van der Waals surface area contributed by atoms with Gasteiger partial charge >= 0.3 is 0 Å². The van der Waals surface area contributed by atoms with Crippen molar-refractivity contribution in [3.63, 3.8) is 0 Å². The molecule has 4 aliphatic rings. The van der Waals surface area contributed by atoms with E-state index in [4.69, 9.17) is 0 Å². The van der Waals surface area contributed by atoms with E-state index in [9.17, 15) is 5.11 Å². The molecule has 2 nitrogen and oxygen atoms in total. The van der Waals surface area contributed by atoms with E-state index in [-0.39, 0.29) is 0 Å². The quantitative estimate of drug-likeness (QED) is 0.816. The number of thiophene rings is 1. The molecule has 23 heavy (non-hydrogen) atoms. The van der Waals surface area contributed by atoms with E-state index >= 15 is 0 Å². The van der Waals surface area contributed by atoms with Gasteiger partial charge in [0.15, 0.2) is 0 Å². The van der Waals surface area contributed by atoms with Crippen LogP contribution in [0, 0.1) is 11.3 Å². The van der Waals surface area contributed by atoms with Gasteiger partial charge in [-0.3, -0.25) is 4.90 Å².